The molecule has 1 fully saturated rings. The fourth-order valence-corrected chi connectivity index (χ4v) is 2.76. The van der Waals surface area contributed by atoms with Gasteiger partial charge >= 0.3 is 6.03 Å². The van der Waals surface area contributed by atoms with Gasteiger partial charge in [-0.1, -0.05) is 30.3 Å². The van der Waals surface area contributed by atoms with Gasteiger partial charge in [-0.25, -0.2) is 4.79 Å². The van der Waals surface area contributed by atoms with E-state index in [9.17, 15) is 9.59 Å². The molecule has 120 valence electrons. The number of carbonyl (C=O) groups excluding carboxylic acids is 2. The largest absolute Gasteiger partial charge is 0.325 e. The molecule has 0 unspecified atom stereocenters. The van der Waals surface area contributed by atoms with Crippen LogP contribution in [0, 0.1) is 25.2 Å². The van der Waals surface area contributed by atoms with Crippen molar-refractivity contribution in [2.75, 3.05) is 0 Å². The Hall–Kier alpha value is -3.13. The van der Waals surface area contributed by atoms with Gasteiger partial charge in [0, 0.05) is 0 Å². The SMILES string of the molecule is Cc1ccc([C@@H]2NC(=O)N(Cc3cccc(C#N)c3)C2=O)cc1C. The number of rotatable bonds is 3. The Kier molecular flexibility index (Phi) is 4.05. The average molecular weight is 319 g/mol. The standard InChI is InChI=1S/C19H17N3O2/c1-12-6-7-16(8-13(12)2)17-18(23)22(19(24)21-17)11-15-5-3-4-14(9-15)10-20/h3-9,17H,11H2,1-2H3,(H,21,24)/t17-/m0/s1. The molecular formula is C19H17N3O2. The fourth-order valence-electron chi connectivity index (χ4n) is 2.76. The van der Waals surface area contributed by atoms with Crippen molar-refractivity contribution in [3.8, 4) is 6.07 Å². The lowest BCUT2D eigenvalue weighted by molar-refractivity contribution is -0.128. The smallest absolute Gasteiger partial charge is 0.322 e. The summed E-state index contributed by atoms with van der Waals surface area (Å²) in [6, 6.07) is 13.6. The van der Waals surface area contributed by atoms with Crippen LogP contribution < -0.4 is 5.32 Å². The van der Waals surface area contributed by atoms with E-state index < -0.39 is 12.1 Å². The molecule has 3 rings (SSSR count). The number of imide groups is 1. The molecule has 0 saturated carbocycles. The first kappa shape index (κ1) is 15.8. The first-order valence-electron chi connectivity index (χ1n) is 7.67. The van der Waals surface area contributed by atoms with Crippen LogP contribution in [0.25, 0.3) is 0 Å². The monoisotopic (exact) mass is 319 g/mol. The lowest BCUT2D eigenvalue weighted by atomic mass is 10.0. The normalized spacial score (nSPS) is 16.9. The van der Waals surface area contributed by atoms with Crippen molar-refractivity contribution in [2.24, 2.45) is 0 Å². The molecule has 1 N–H and O–H groups in total. The molecule has 0 radical (unpaired) electrons. The van der Waals surface area contributed by atoms with Gasteiger partial charge in [0.05, 0.1) is 18.2 Å². The number of nitrogens with one attached hydrogen (secondary N) is 1. The minimum atomic E-state index is -0.657. The minimum absolute atomic E-state index is 0.154. The summed E-state index contributed by atoms with van der Waals surface area (Å²) in [6.45, 7) is 4.13. The summed E-state index contributed by atoms with van der Waals surface area (Å²) in [5, 5.41) is 11.7. The number of hydrogen-bond donors (Lipinski definition) is 1. The van der Waals surface area contributed by atoms with Crippen LogP contribution in [0.4, 0.5) is 4.79 Å². The molecule has 0 aromatic heterocycles. The highest BCUT2D eigenvalue weighted by atomic mass is 16.2. The van der Waals surface area contributed by atoms with Crippen LogP contribution in [0.5, 0.6) is 0 Å². The summed E-state index contributed by atoms with van der Waals surface area (Å²) in [5.74, 6) is -0.273. The zero-order valence-corrected chi connectivity index (χ0v) is 13.5. The van der Waals surface area contributed by atoms with Crippen molar-refractivity contribution in [2.45, 2.75) is 26.4 Å². The quantitative estimate of drug-likeness (QED) is 0.884. The molecule has 0 aliphatic carbocycles. The van der Waals surface area contributed by atoms with Crippen LogP contribution in [-0.4, -0.2) is 16.8 Å². The highest BCUT2D eigenvalue weighted by Gasteiger charge is 2.38. The first-order valence-corrected chi connectivity index (χ1v) is 7.67. The number of urea groups is 1. The Labute approximate surface area is 140 Å². The van der Waals surface area contributed by atoms with E-state index in [0.29, 0.717) is 5.56 Å². The molecule has 2 aromatic rings. The summed E-state index contributed by atoms with van der Waals surface area (Å²) in [7, 11) is 0. The highest BCUT2D eigenvalue weighted by molar-refractivity contribution is 6.04. The Morgan fingerprint density at radius 2 is 1.92 bits per heavy atom. The van der Waals surface area contributed by atoms with Gasteiger partial charge in [-0.15, -0.1) is 0 Å². The van der Waals surface area contributed by atoms with Gasteiger partial charge in [0.1, 0.15) is 6.04 Å². The second kappa shape index (κ2) is 6.17. The maximum atomic E-state index is 12.6. The van der Waals surface area contributed by atoms with E-state index in [1.807, 2.05) is 32.0 Å². The molecular weight excluding hydrogens is 302 g/mol. The third-order valence-corrected chi connectivity index (χ3v) is 4.29. The lowest BCUT2D eigenvalue weighted by Crippen LogP contribution is -2.30. The zero-order valence-electron chi connectivity index (χ0n) is 13.5. The molecule has 2 aromatic carbocycles. The van der Waals surface area contributed by atoms with Crippen molar-refractivity contribution < 1.29 is 9.59 Å². The molecule has 1 atom stereocenters. The van der Waals surface area contributed by atoms with E-state index in [0.717, 1.165) is 22.3 Å². The van der Waals surface area contributed by atoms with Crippen molar-refractivity contribution in [1.29, 1.82) is 5.26 Å². The number of benzene rings is 2. The molecule has 0 bridgehead atoms. The Balaban J connectivity index is 1.83. The predicted octanol–water partition coefficient (Wildman–Crippen LogP) is 2.97. The van der Waals surface area contributed by atoms with Crippen LogP contribution in [0.2, 0.25) is 0 Å². The molecule has 24 heavy (non-hydrogen) atoms. The third kappa shape index (κ3) is 2.86. The summed E-state index contributed by atoms with van der Waals surface area (Å²) < 4.78 is 0. The summed E-state index contributed by atoms with van der Waals surface area (Å²) in [6.07, 6.45) is 0. The van der Waals surface area contributed by atoms with Gasteiger partial charge in [0.15, 0.2) is 0 Å². The van der Waals surface area contributed by atoms with Crippen LogP contribution in [0.15, 0.2) is 42.5 Å². The summed E-state index contributed by atoms with van der Waals surface area (Å²) >= 11 is 0. The number of aryl methyl sites for hydroxylation is 2. The molecule has 3 amide bonds. The van der Waals surface area contributed by atoms with Gasteiger partial charge in [0.2, 0.25) is 0 Å². The van der Waals surface area contributed by atoms with E-state index in [4.69, 9.17) is 5.26 Å². The maximum Gasteiger partial charge on any atom is 0.325 e. The molecule has 5 heteroatoms. The third-order valence-electron chi connectivity index (χ3n) is 4.29. The highest BCUT2D eigenvalue weighted by Crippen LogP contribution is 2.25. The van der Waals surface area contributed by atoms with E-state index in [1.165, 1.54) is 4.90 Å². The number of carbonyl (C=O) groups is 2. The summed E-state index contributed by atoms with van der Waals surface area (Å²) in [4.78, 5) is 26.0. The van der Waals surface area contributed by atoms with Gasteiger partial charge in [-0.05, 0) is 48.2 Å². The van der Waals surface area contributed by atoms with Crippen molar-refractivity contribution in [3.05, 3.63) is 70.3 Å². The van der Waals surface area contributed by atoms with Crippen molar-refractivity contribution in [1.82, 2.24) is 10.2 Å². The molecule has 1 aliphatic heterocycles. The Morgan fingerprint density at radius 3 is 2.62 bits per heavy atom. The molecule has 5 nitrogen and oxygen atoms in total. The number of nitrogens with zero attached hydrogens (tertiary/aromatic N) is 2. The van der Waals surface area contributed by atoms with E-state index in [1.54, 1.807) is 24.3 Å². The van der Waals surface area contributed by atoms with Gasteiger partial charge in [-0.3, -0.25) is 9.69 Å². The summed E-state index contributed by atoms with van der Waals surface area (Å²) in [5.41, 5.74) is 4.25. The van der Waals surface area contributed by atoms with Crippen molar-refractivity contribution in [3.63, 3.8) is 0 Å². The Morgan fingerprint density at radius 1 is 1.12 bits per heavy atom. The first-order chi connectivity index (χ1) is 11.5. The van der Waals surface area contributed by atoms with Gasteiger partial charge in [-0.2, -0.15) is 5.26 Å². The van der Waals surface area contributed by atoms with Crippen molar-refractivity contribution >= 4 is 11.9 Å². The van der Waals surface area contributed by atoms with E-state index >= 15 is 0 Å². The van der Waals surface area contributed by atoms with Gasteiger partial charge < -0.3 is 5.32 Å². The predicted molar refractivity (Wildman–Crippen MR) is 88.9 cm³/mol. The number of amides is 3. The average Bonchev–Trinajstić information content (AvgIpc) is 2.86. The van der Waals surface area contributed by atoms with Crippen LogP contribution in [-0.2, 0) is 11.3 Å². The molecule has 1 aliphatic rings. The van der Waals surface area contributed by atoms with E-state index in [-0.39, 0.29) is 12.5 Å². The van der Waals surface area contributed by atoms with Crippen LogP contribution in [0.3, 0.4) is 0 Å². The molecule has 1 heterocycles. The lowest BCUT2D eigenvalue weighted by Gasteiger charge is -2.14. The topological polar surface area (TPSA) is 73.2 Å². The van der Waals surface area contributed by atoms with Crippen LogP contribution >= 0.6 is 0 Å². The number of hydrogen-bond acceptors (Lipinski definition) is 3. The fraction of sp³-hybridized carbons (Fsp3) is 0.211. The van der Waals surface area contributed by atoms with Gasteiger partial charge in [0.25, 0.3) is 5.91 Å². The maximum absolute atomic E-state index is 12.6. The number of nitriles is 1. The second-order valence-electron chi connectivity index (χ2n) is 5.96. The van der Waals surface area contributed by atoms with Crippen LogP contribution in [0.1, 0.15) is 33.9 Å². The molecule has 0 spiro atoms. The van der Waals surface area contributed by atoms with E-state index in [2.05, 4.69) is 11.4 Å². The second-order valence-corrected chi connectivity index (χ2v) is 5.96. The zero-order chi connectivity index (χ0) is 17.3. The minimum Gasteiger partial charge on any atom is -0.322 e. The molecule has 1 saturated heterocycles. The Bertz CT molecular complexity index is 867.